The molecule has 80 valence electrons. The molecule has 2 aliphatic heterocycles. The van der Waals surface area contributed by atoms with Crippen LogP contribution in [-0.4, -0.2) is 49.2 Å². The number of nitrogens with one attached hydrogen (secondary N) is 1. The Balaban J connectivity index is 1.93. The van der Waals surface area contributed by atoms with Crippen LogP contribution in [0.3, 0.4) is 0 Å². The molecule has 0 spiro atoms. The summed E-state index contributed by atoms with van der Waals surface area (Å²) in [6, 6.07) is 4.77. The number of nitrogens with zero attached hydrogens (tertiary/aromatic N) is 3. The maximum Gasteiger partial charge on any atom is 0.149 e. The number of anilines is 2. The molecule has 1 aromatic rings. The van der Waals surface area contributed by atoms with E-state index in [1.807, 2.05) is 12.3 Å². The van der Waals surface area contributed by atoms with Crippen LogP contribution in [0, 0.1) is 0 Å². The zero-order valence-electron chi connectivity index (χ0n) is 8.98. The molecule has 1 unspecified atom stereocenters. The monoisotopic (exact) mass is 204 g/mol. The molecule has 3 heterocycles. The largest absolute Gasteiger partial charge is 0.366 e. The summed E-state index contributed by atoms with van der Waals surface area (Å²) in [4.78, 5) is 9.24. The average Bonchev–Trinajstić information content (AvgIpc) is 2.28. The zero-order chi connectivity index (χ0) is 10.3. The Morgan fingerprint density at radius 2 is 2.40 bits per heavy atom. The first kappa shape index (κ1) is 8.97. The Labute approximate surface area is 89.9 Å². The van der Waals surface area contributed by atoms with Crippen LogP contribution in [0.1, 0.15) is 0 Å². The fourth-order valence-electron chi connectivity index (χ4n) is 2.48. The lowest BCUT2D eigenvalue weighted by Gasteiger charge is -2.44. The summed E-state index contributed by atoms with van der Waals surface area (Å²) in [5, 5.41) is 3.40. The van der Waals surface area contributed by atoms with Gasteiger partial charge in [-0.2, -0.15) is 0 Å². The van der Waals surface area contributed by atoms with Crippen molar-refractivity contribution in [1.29, 1.82) is 0 Å². The van der Waals surface area contributed by atoms with E-state index >= 15 is 0 Å². The Hall–Kier alpha value is -1.29. The number of rotatable bonds is 0. The van der Waals surface area contributed by atoms with Crippen molar-refractivity contribution < 1.29 is 0 Å². The van der Waals surface area contributed by atoms with E-state index in [2.05, 4.69) is 33.2 Å². The van der Waals surface area contributed by atoms with Gasteiger partial charge in [-0.05, 0) is 19.2 Å². The van der Waals surface area contributed by atoms with Crippen molar-refractivity contribution in [2.75, 3.05) is 43.4 Å². The standard InChI is InChI=1S/C11H16N4/c1-14-5-6-15-9(8-14)7-13-11-10(15)3-2-4-12-11/h2-4,9H,5-8H2,1H3,(H,12,13). The number of pyridine rings is 1. The van der Waals surface area contributed by atoms with Gasteiger partial charge in [0.15, 0.2) is 0 Å². The van der Waals surface area contributed by atoms with Crippen LogP contribution in [0.4, 0.5) is 11.5 Å². The van der Waals surface area contributed by atoms with E-state index < -0.39 is 0 Å². The molecule has 0 radical (unpaired) electrons. The Bertz CT molecular complexity index is 365. The molecule has 1 saturated heterocycles. The Morgan fingerprint density at radius 3 is 3.33 bits per heavy atom. The molecule has 1 fully saturated rings. The van der Waals surface area contributed by atoms with E-state index in [0.717, 1.165) is 32.0 Å². The summed E-state index contributed by atoms with van der Waals surface area (Å²) < 4.78 is 0. The molecule has 0 amide bonds. The first-order chi connectivity index (χ1) is 7.34. The van der Waals surface area contributed by atoms with Gasteiger partial charge in [-0.25, -0.2) is 4.98 Å². The van der Waals surface area contributed by atoms with Crippen molar-refractivity contribution in [3.05, 3.63) is 18.3 Å². The highest BCUT2D eigenvalue weighted by molar-refractivity contribution is 5.68. The summed E-state index contributed by atoms with van der Waals surface area (Å²) in [6.45, 7) is 4.40. The highest BCUT2D eigenvalue weighted by atomic mass is 15.3. The topological polar surface area (TPSA) is 31.4 Å². The minimum Gasteiger partial charge on any atom is -0.366 e. The van der Waals surface area contributed by atoms with E-state index in [1.165, 1.54) is 5.69 Å². The minimum absolute atomic E-state index is 0.598. The predicted molar refractivity (Wildman–Crippen MR) is 61.4 cm³/mol. The summed E-state index contributed by atoms with van der Waals surface area (Å²) in [7, 11) is 2.19. The molecule has 15 heavy (non-hydrogen) atoms. The van der Waals surface area contributed by atoms with Crippen LogP contribution in [0.5, 0.6) is 0 Å². The molecule has 0 aromatic carbocycles. The number of fused-ring (bicyclic) bond motifs is 3. The maximum absolute atomic E-state index is 4.36. The molecule has 0 bridgehead atoms. The third-order valence-corrected chi connectivity index (χ3v) is 3.29. The summed E-state index contributed by atoms with van der Waals surface area (Å²) in [6.07, 6.45) is 1.85. The van der Waals surface area contributed by atoms with Gasteiger partial charge in [0.2, 0.25) is 0 Å². The molecule has 2 aliphatic rings. The van der Waals surface area contributed by atoms with Crippen molar-refractivity contribution >= 4 is 11.5 Å². The van der Waals surface area contributed by atoms with Gasteiger partial charge < -0.3 is 15.1 Å². The van der Waals surface area contributed by atoms with Gasteiger partial charge >= 0.3 is 0 Å². The molecule has 1 atom stereocenters. The second kappa shape index (κ2) is 3.38. The Morgan fingerprint density at radius 1 is 1.47 bits per heavy atom. The smallest absolute Gasteiger partial charge is 0.149 e. The van der Waals surface area contributed by atoms with Crippen LogP contribution in [0.2, 0.25) is 0 Å². The lowest BCUT2D eigenvalue weighted by atomic mass is 10.1. The highest BCUT2D eigenvalue weighted by Crippen LogP contribution is 2.30. The van der Waals surface area contributed by atoms with Gasteiger partial charge in [-0.3, -0.25) is 0 Å². The van der Waals surface area contributed by atoms with Crippen LogP contribution in [0.25, 0.3) is 0 Å². The molecule has 3 rings (SSSR count). The Kier molecular flexibility index (Phi) is 2.02. The van der Waals surface area contributed by atoms with Crippen molar-refractivity contribution in [2.24, 2.45) is 0 Å². The number of aromatic nitrogens is 1. The number of hydrogen-bond acceptors (Lipinski definition) is 4. The molecular weight excluding hydrogens is 188 g/mol. The van der Waals surface area contributed by atoms with Crippen LogP contribution in [-0.2, 0) is 0 Å². The highest BCUT2D eigenvalue weighted by Gasteiger charge is 2.30. The number of hydrogen-bond donors (Lipinski definition) is 1. The molecule has 1 aromatic heterocycles. The molecule has 4 nitrogen and oxygen atoms in total. The summed E-state index contributed by atoms with van der Waals surface area (Å²) in [5.74, 6) is 1.04. The third kappa shape index (κ3) is 1.45. The maximum atomic E-state index is 4.36. The van der Waals surface area contributed by atoms with Gasteiger partial charge in [0, 0.05) is 32.4 Å². The zero-order valence-corrected chi connectivity index (χ0v) is 8.98. The second-order valence-corrected chi connectivity index (χ2v) is 4.36. The lowest BCUT2D eigenvalue weighted by Crippen LogP contribution is -2.56. The van der Waals surface area contributed by atoms with Gasteiger partial charge in [0.25, 0.3) is 0 Å². The second-order valence-electron chi connectivity index (χ2n) is 4.36. The fraction of sp³-hybridized carbons (Fsp3) is 0.545. The quantitative estimate of drug-likeness (QED) is 0.671. The van der Waals surface area contributed by atoms with Gasteiger partial charge in [0.1, 0.15) is 5.82 Å². The lowest BCUT2D eigenvalue weighted by molar-refractivity contribution is 0.269. The first-order valence-corrected chi connectivity index (χ1v) is 5.48. The van der Waals surface area contributed by atoms with Gasteiger partial charge in [-0.15, -0.1) is 0 Å². The minimum atomic E-state index is 0.598. The van der Waals surface area contributed by atoms with E-state index in [1.54, 1.807) is 0 Å². The van der Waals surface area contributed by atoms with E-state index in [0.29, 0.717) is 6.04 Å². The molecule has 1 N–H and O–H groups in total. The first-order valence-electron chi connectivity index (χ1n) is 5.48. The molecular formula is C11H16N4. The van der Waals surface area contributed by atoms with E-state index in [9.17, 15) is 0 Å². The third-order valence-electron chi connectivity index (χ3n) is 3.29. The number of likely N-dealkylation sites (N-methyl/N-ethyl adjacent to an activating group) is 1. The van der Waals surface area contributed by atoms with Crippen LogP contribution < -0.4 is 10.2 Å². The van der Waals surface area contributed by atoms with Crippen molar-refractivity contribution in [3.8, 4) is 0 Å². The van der Waals surface area contributed by atoms with Crippen LogP contribution >= 0.6 is 0 Å². The normalized spacial score (nSPS) is 25.4. The van der Waals surface area contributed by atoms with Crippen LogP contribution in [0.15, 0.2) is 18.3 Å². The van der Waals surface area contributed by atoms with E-state index in [-0.39, 0.29) is 0 Å². The number of piperazine rings is 1. The molecule has 4 heteroatoms. The van der Waals surface area contributed by atoms with Crippen molar-refractivity contribution in [1.82, 2.24) is 9.88 Å². The fourth-order valence-corrected chi connectivity index (χ4v) is 2.48. The molecule has 0 saturated carbocycles. The van der Waals surface area contributed by atoms with E-state index in [4.69, 9.17) is 0 Å². The van der Waals surface area contributed by atoms with Crippen molar-refractivity contribution in [3.63, 3.8) is 0 Å². The summed E-state index contributed by atoms with van der Waals surface area (Å²) >= 11 is 0. The summed E-state index contributed by atoms with van der Waals surface area (Å²) in [5.41, 5.74) is 1.27. The average molecular weight is 204 g/mol. The van der Waals surface area contributed by atoms with Gasteiger partial charge in [-0.1, -0.05) is 0 Å². The van der Waals surface area contributed by atoms with Gasteiger partial charge in [0.05, 0.1) is 11.7 Å². The SMILES string of the molecule is CN1CCN2c3cccnc3NCC2C1. The predicted octanol–water partition coefficient (Wildman–Crippen LogP) is 0.627. The van der Waals surface area contributed by atoms with Crippen molar-refractivity contribution in [2.45, 2.75) is 6.04 Å². The molecule has 0 aliphatic carbocycles.